The third-order valence-corrected chi connectivity index (χ3v) is 14.5. The number of fused-ring (bicyclic) bond motifs is 3. The zero-order valence-corrected chi connectivity index (χ0v) is 28.0. The summed E-state index contributed by atoms with van der Waals surface area (Å²) in [4.78, 5) is 7.91. The molecule has 8 aromatic rings. The molecule has 4 nitrogen and oxygen atoms in total. The van der Waals surface area contributed by atoms with Crippen LogP contribution >= 0.6 is 0 Å². The van der Waals surface area contributed by atoms with Gasteiger partial charge in [-0.15, -0.1) is 0 Å². The highest BCUT2D eigenvalue weighted by Crippen LogP contribution is 2.45. The second kappa shape index (κ2) is 12.6. The summed E-state index contributed by atoms with van der Waals surface area (Å²) in [7, 11) is -2.99. The van der Waals surface area contributed by atoms with Crippen LogP contribution in [0, 0.1) is 24.5 Å². The molecule has 0 N–H and O–H groups in total. The molecule has 1 heterocycles. The van der Waals surface area contributed by atoms with Crippen molar-refractivity contribution in [1.29, 1.82) is 5.26 Å². The number of nitrogens with zero attached hydrogens (tertiary/aromatic N) is 4. The zero-order chi connectivity index (χ0) is 34.1. The van der Waals surface area contributed by atoms with Crippen molar-refractivity contribution in [2.75, 3.05) is 0 Å². The predicted molar refractivity (Wildman–Crippen MR) is 207 cm³/mol. The van der Waals surface area contributed by atoms with E-state index in [1.165, 1.54) is 20.7 Å². The van der Waals surface area contributed by atoms with Crippen molar-refractivity contribution in [2.45, 2.75) is 0 Å². The van der Waals surface area contributed by atoms with E-state index in [1.807, 2.05) is 42.5 Å². The van der Waals surface area contributed by atoms with Gasteiger partial charge in [-0.1, -0.05) is 146 Å². The Labute approximate surface area is 292 Å². The molecule has 0 aliphatic rings. The average Bonchev–Trinajstić information content (AvgIpc) is 3.52. The molecule has 0 amide bonds. The van der Waals surface area contributed by atoms with Crippen LogP contribution in [0.1, 0.15) is 5.56 Å². The fourth-order valence-corrected chi connectivity index (χ4v) is 12.6. The molecule has 0 unspecified atom stereocenters. The Morgan fingerprint density at radius 1 is 0.520 bits per heavy atom. The molecule has 1 aromatic heterocycles. The third kappa shape index (κ3) is 4.64. The van der Waals surface area contributed by atoms with Crippen LogP contribution in [0.5, 0.6) is 0 Å². The van der Waals surface area contributed by atoms with E-state index in [2.05, 4.69) is 142 Å². The van der Waals surface area contributed by atoms with Gasteiger partial charge >= 0.3 is 0 Å². The maximum Gasteiger partial charge on any atom is 0.218 e. The van der Waals surface area contributed by atoms with Crippen molar-refractivity contribution in [2.24, 2.45) is 0 Å². The largest absolute Gasteiger partial charge is 0.320 e. The topological polar surface area (TPSA) is 37.4 Å². The van der Waals surface area contributed by atoms with Crippen molar-refractivity contribution in [3.63, 3.8) is 0 Å². The van der Waals surface area contributed by atoms with Crippen LogP contribution < -0.4 is 20.7 Å². The summed E-state index contributed by atoms with van der Waals surface area (Å²) in [6.07, 6.45) is 0. The molecule has 0 aliphatic heterocycles. The smallest absolute Gasteiger partial charge is 0.218 e. The van der Waals surface area contributed by atoms with Gasteiger partial charge in [-0.2, -0.15) is 5.26 Å². The van der Waals surface area contributed by atoms with Gasteiger partial charge in [0.25, 0.3) is 0 Å². The predicted octanol–water partition coefficient (Wildman–Crippen LogP) is 8.80. The van der Waals surface area contributed by atoms with E-state index in [-0.39, 0.29) is 0 Å². The maximum atomic E-state index is 9.80. The van der Waals surface area contributed by atoms with Crippen molar-refractivity contribution >= 4 is 62.0 Å². The van der Waals surface area contributed by atoms with Gasteiger partial charge in [0.1, 0.15) is 0 Å². The van der Waals surface area contributed by atoms with E-state index in [0.717, 1.165) is 32.9 Å². The minimum Gasteiger partial charge on any atom is -0.320 e. The molecule has 0 atom stereocenters. The first kappa shape index (κ1) is 30.4. The Bertz CT molecular complexity index is 2580. The summed E-state index contributed by atoms with van der Waals surface area (Å²) in [6, 6.07) is 60.8. The van der Waals surface area contributed by atoms with E-state index >= 15 is 0 Å². The lowest BCUT2D eigenvalue weighted by Gasteiger charge is -2.36. The lowest BCUT2D eigenvalue weighted by molar-refractivity contribution is 1.19. The molecule has 0 saturated carbocycles. The van der Waals surface area contributed by atoms with Gasteiger partial charge < -0.3 is 4.57 Å². The highest BCUT2D eigenvalue weighted by Gasteiger charge is 2.43. The van der Waals surface area contributed by atoms with Crippen LogP contribution in [0.4, 0.5) is 11.4 Å². The second-order valence-electron chi connectivity index (χ2n) is 12.1. The molecule has 0 radical (unpaired) electrons. The Morgan fingerprint density at radius 3 is 1.68 bits per heavy atom. The molecule has 50 heavy (non-hydrogen) atoms. The van der Waals surface area contributed by atoms with Crippen LogP contribution in [-0.2, 0) is 0 Å². The van der Waals surface area contributed by atoms with Gasteiger partial charge in [-0.05, 0) is 56.1 Å². The monoisotopic (exact) mass is 652 g/mol. The van der Waals surface area contributed by atoms with E-state index < -0.39 is 8.07 Å². The normalized spacial score (nSPS) is 11.1. The Morgan fingerprint density at radius 2 is 1.08 bits per heavy atom. The maximum absolute atomic E-state index is 9.80. The van der Waals surface area contributed by atoms with Crippen LogP contribution in [0.2, 0.25) is 0 Å². The highest BCUT2D eigenvalue weighted by atomic mass is 28.3. The summed E-state index contributed by atoms with van der Waals surface area (Å²) >= 11 is 0. The van der Waals surface area contributed by atoms with E-state index in [4.69, 9.17) is 13.1 Å². The summed E-state index contributed by atoms with van der Waals surface area (Å²) < 4.78 is 2.12. The van der Waals surface area contributed by atoms with Gasteiger partial charge in [0, 0.05) is 16.5 Å². The molecule has 0 spiro atoms. The quantitative estimate of drug-likeness (QED) is 0.101. The Balaban J connectivity index is 1.56. The number of nitriles is 1. The number of rotatable bonds is 6. The molecule has 0 saturated heterocycles. The minimum absolute atomic E-state index is 0.297. The van der Waals surface area contributed by atoms with Crippen LogP contribution in [0.15, 0.2) is 170 Å². The lowest BCUT2D eigenvalue weighted by Crippen LogP contribution is -2.75. The number of aromatic nitrogens is 1. The van der Waals surface area contributed by atoms with Crippen molar-refractivity contribution in [1.82, 2.24) is 4.57 Å². The van der Waals surface area contributed by atoms with Crippen LogP contribution in [0.3, 0.4) is 0 Å². The molecule has 5 heteroatoms. The molecule has 0 bridgehead atoms. The number of hydrogen-bond donors (Lipinski definition) is 0. The van der Waals surface area contributed by atoms with Gasteiger partial charge in [0.2, 0.25) is 5.69 Å². The van der Waals surface area contributed by atoms with Gasteiger partial charge in [-0.25, -0.2) is 4.85 Å². The van der Waals surface area contributed by atoms with Gasteiger partial charge in [0.05, 0.1) is 35.8 Å². The molecule has 8 rings (SSSR count). The number of para-hydroxylation sites is 1. The molecule has 0 fully saturated rings. The molecule has 0 aliphatic carbocycles. The van der Waals surface area contributed by atoms with Crippen LogP contribution in [0.25, 0.3) is 48.3 Å². The first-order valence-electron chi connectivity index (χ1n) is 16.3. The van der Waals surface area contributed by atoms with E-state index in [1.54, 1.807) is 6.07 Å². The summed E-state index contributed by atoms with van der Waals surface area (Å²) in [5.74, 6) is 0. The summed E-state index contributed by atoms with van der Waals surface area (Å²) in [5.41, 5.74) is 5.47. The molecule has 232 valence electrons. The van der Waals surface area contributed by atoms with Crippen molar-refractivity contribution < 1.29 is 0 Å². The third-order valence-electron chi connectivity index (χ3n) is 9.63. The first-order chi connectivity index (χ1) is 24.7. The summed E-state index contributed by atoms with van der Waals surface area (Å²) in [5, 5.41) is 16.6. The zero-order valence-electron chi connectivity index (χ0n) is 27.0. The second-order valence-corrected chi connectivity index (χ2v) is 15.9. The van der Waals surface area contributed by atoms with Gasteiger partial charge in [-0.3, -0.25) is 4.85 Å². The minimum atomic E-state index is -2.99. The lowest BCUT2D eigenvalue weighted by atomic mass is 10.0. The Hall–Kier alpha value is -6.97. The first-order valence-corrected chi connectivity index (χ1v) is 18.3. The standard InChI is InChI=1S/C45H28N4Si/c1-47-40-28-27-38(45(44(40)48-2)49-41-24-14-12-22-36(41)39-30-32(31-46)26-29-42(39)49)37-23-13-15-25-43(37)50(33-16-6-3-7-17-33,34-18-8-4-9-19-34)35-20-10-5-11-21-35/h3-30H. The fraction of sp³-hybridized carbons (Fsp3) is 0. The van der Waals surface area contributed by atoms with E-state index in [0.29, 0.717) is 22.6 Å². The molecule has 7 aromatic carbocycles. The summed E-state index contributed by atoms with van der Waals surface area (Å²) in [6.45, 7) is 16.6. The number of benzene rings is 7. The number of hydrogen-bond acceptors (Lipinski definition) is 1. The fourth-order valence-electron chi connectivity index (χ4n) is 7.57. The van der Waals surface area contributed by atoms with Crippen molar-refractivity contribution in [3.8, 4) is 22.9 Å². The SMILES string of the molecule is [C-]#[N+]c1ccc(-c2ccccc2[Si](c2ccccc2)(c2ccccc2)c2ccccc2)c(-n2c3ccccc3c3cc(C#N)ccc32)c1[N+]#[C-]. The molecular weight excluding hydrogens is 625 g/mol. The van der Waals surface area contributed by atoms with E-state index in [9.17, 15) is 5.26 Å². The molecular formula is C45H28N4Si. The Kier molecular flexibility index (Phi) is 7.63. The van der Waals surface area contributed by atoms with Crippen molar-refractivity contribution in [3.05, 3.63) is 198 Å². The average molecular weight is 653 g/mol. The highest BCUT2D eigenvalue weighted by molar-refractivity contribution is 7.20. The van der Waals surface area contributed by atoms with Gasteiger partial charge in [0.15, 0.2) is 13.8 Å². The van der Waals surface area contributed by atoms with Crippen LogP contribution in [-0.4, -0.2) is 12.6 Å².